The maximum absolute atomic E-state index is 13.5. The van der Waals surface area contributed by atoms with Crippen LogP contribution in [0.25, 0.3) is 11.5 Å². The second kappa shape index (κ2) is 11.3. The van der Waals surface area contributed by atoms with E-state index < -0.39 is 6.04 Å². The summed E-state index contributed by atoms with van der Waals surface area (Å²) in [6, 6.07) is 16.1. The van der Waals surface area contributed by atoms with Gasteiger partial charge in [-0.1, -0.05) is 36.9 Å². The van der Waals surface area contributed by atoms with Gasteiger partial charge >= 0.3 is 0 Å². The molecule has 2 aromatic rings. The number of amides is 1. The summed E-state index contributed by atoms with van der Waals surface area (Å²) in [6.45, 7) is 5.44. The second-order valence-corrected chi connectivity index (χ2v) is 10.1. The molecular formula is C28H30FN5O2S. The van der Waals surface area contributed by atoms with Crippen LogP contribution >= 0.6 is 11.8 Å². The number of rotatable bonds is 9. The van der Waals surface area contributed by atoms with Crippen molar-refractivity contribution in [2.75, 3.05) is 23.8 Å². The van der Waals surface area contributed by atoms with Gasteiger partial charge in [-0.2, -0.15) is 0 Å². The normalized spacial score (nSPS) is 16.1. The van der Waals surface area contributed by atoms with Crippen molar-refractivity contribution in [3.8, 4) is 11.5 Å². The predicted octanol–water partition coefficient (Wildman–Crippen LogP) is 5.91. The maximum Gasteiger partial charge on any atom is 0.247 e. The van der Waals surface area contributed by atoms with E-state index in [4.69, 9.17) is 9.72 Å². The van der Waals surface area contributed by atoms with Crippen LogP contribution in [0.3, 0.4) is 0 Å². The minimum absolute atomic E-state index is 0.104. The number of pyridine rings is 1. The lowest BCUT2D eigenvalue weighted by Crippen LogP contribution is -2.27. The topological polar surface area (TPSA) is 81.1 Å². The number of carbonyl (C=O) groups excluding carboxylic acids is 1. The van der Waals surface area contributed by atoms with E-state index in [1.165, 1.54) is 23.9 Å². The smallest absolute Gasteiger partial charge is 0.247 e. The number of ether oxygens (including phenoxy) is 1. The number of anilines is 2. The van der Waals surface area contributed by atoms with Gasteiger partial charge in [0, 0.05) is 29.9 Å². The number of hydrogen-bond acceptors (Lipinski definition) is 6. The number of aryl methyl sites for hydroxylation is 1. The van der Waals surface area contributed by atoms with Crippen LogP contribution in [-0.4, -0.2) is 39.7 Å². The van der Waals surface area contributed by atoms with Gasteiger partial charge in [0.25, 0.3) is 0 Å². The Morgan fingerprint density at radius 3 is 2.81 bits per heavy atom. The van der Waals surface area contributed by atoms with Crippen molar-refractivity contribution in [2.45, 2.75) is 49.7 Å². The van der Waals surface area contributed by atoms with Crippen LogP contribution in [-0.2, 0) is 15.3 Å². The van der Waals surface area contributed by atoms with Crippen molar-refractivity contribution in [1.29, 1.82) is 0 Å². The predicted molar refractivity (Wildman–Crippen MR) is 145 cm³/mol. The number of benzene rings is 2. The summed E-state index contributed by atoms with van der Waals surface area (Å²) in [5, 5.41) is 7.25. The molecule has 0 bridgehead atoms. The molecule has 3 heterocycles. The molecule has 3 aliphatic heterocycles. The van der Waals surface area contributed by atoms with Crippen LogP contribution in [0.4, 0.5) is 15.8 Å². The number of hydrogen-bond donors (Lipinski definition) is 2. The van der Waals surface area contributed by atoms with E-state index in [1.807, 2.05) is 54.9 Å². The lowest BCUT2D eigenvalue weighted by Gasteiger charge is -2.22. The Hall–Kier alpha value is -3.43. The third kappa shape index (κ3) is 5.94. The van der Waals surface area contributed by atoms with Crippen LogP contribution < -0.4 is 10.6 Å². The quantitative estimate of drug-likeness (QED) is 0.268. The van der Waals surface area contributed by atoms with Gasteiger partial charge < -0.3 is 19.9 Å². The van der Waals surface area contributed by atoms with Gasteiger partial charge in [-0.25, -0.2) is 14.4 Å². The van der Waals surface area contributed by atoms with Crippen LogP contribution in [0.1, 0.15) is 36.9 Å². The van der Waals surface area contributed by atoms with Crippen LogP contribution in [0, 0.1) is 12.7 Å². The van der Waals surface area contributed by atoms with Gasteiger partial charge in [0.1, 0.15) is 17.6 Å². The summed E-state index contributed by atoms with van der Waals surface area (Å²) in [5.41, 5.74) is 4.46. The summed E-state index contributed by atoms with van der Waals surface area (Å²) in [6.07, 6.45) is 3.44. The molecule has 1 fully saturated rings. The first-order valence-corrected chi connectivity index (χ1v) is 13.5. The van der Waals surface area contributed by atoms with Gasteiger partial charge in [0.2, 0.25) is 5.91 Å². The Morgan fingerprint density at radius 1 is 1.22 bits per heavy atom. The Kier molecular flexibility index (Phi) is 7.71. The van der Waals surface area contributed by atoms with Crippen LogP contribution in [0.15, 0.2) is 66.0 Å². The summed E-state index contributed by atoms with van der Waals surface area (Å²) in [7, 11) is 0. The van der Waals surface area contributed by atoms with Crippen molar-refractivity contribution in [3.63, 3.8) is 0 Å². The minimum Gasteiger partial charge on any atom is -0.380 e. The zero-order chi connectivity index (χ0) is 25.8. The molecule has 2 unspecified atom stereocenters. The molecule has 37 heavy (non-hydrogen) atoms. The molecule has 9 heteroatoms. The van der Waals surface area contributed by atoms with Crippen molar-refractivity contribution < 1.29 is 13.9 Å². The largest absolute Gasteiger partial charge is 0.380 e. The van der Waals surface area contributed by atoms with E-state index in [0.29, 0.717) is 29.8 Å². The Bertz CT molecular complexity index is 1340. The van der Waals surface area contributed by atoms with E-state index in [9.17, 15) is 9.18 Å². The average molecular weight is 520 g/mol. The molecule has 0 aromatic heterocycles. The molecule has 2 atom stereocenters. The fraction of sp³-hybridized carbons (Fsp3) is 0.321. The average Bonchev–Trinajstić information content (AvgIpc) is 3.56. The minimum atomic E-state index is -0.449. The first-order chi connectivity index (χ1) is 18.0. The van der Waals surface area contributed by atoms with Crippen LogP contribution in [0.5, 0.6) is 0 Å². The van der Waals surface area contributed by atoms with E-state index in [1.54, 1.807) is 12.1 Å². The number of aromatic nitrogens is 3. The highest BCUT2D eigenvalue weighted by molar-refractivity contribution is 7.98. The fourth-order valence-electron chi connectivity index (χ4n) is 4.42. The molecule has 3 aliphatic rings. The maximum atomic E-state index is 13.5. The number of carbonyl (C=O) groups is 1. The molecule has 2 N–H and O–H groups in total. The monoisotopic (exact) mass is 519 g/mol. The Labute approximate surface area is 220 Å². The van der Waals surface area contributed by atoms with Crippen molar-refractivity contribution in [2.24, 2.45) is 0 Å². The number of fused-ring (bicyclic) bond motifs is 1. The Morgan fingerprint density at radius 2 is 2.05 bits per heavy atom. The highest BCUT2D eigenvalue weighted by Crippen LogP contribution is 2.30. The number of imidazole rings is 1. The van der Waals surface area contributed by atoms with Gasteiger partial charge in [-0.15, -0.1) is 0 Å². The zero-order valence-electron chi connectivity index (χ0n) is 20.9. The van der Waals surface area contributed by atoms with Crippen molar-refractivity contribution in [1.82, 2.24) is 14.5 Å². The molecule has 0 aliphatic carbocycles. The molecule has 1 amide bonds. The molecule has 2 aromatic carbocycles. The molecule has 192 valence electrons. The van der Waals surface area contributed by atoms with E-state index in [2.05, 4.69) is 15.6 Å². The summed E-state index contributed by atoms with van der Waals surface area (Å²) >= 11 is 1.49. The molecule has 0 spiro atoms. The van der Waals surface area contributed by atoms with Gasteiger partial charge in [-0.05, 0) is 67.3 Å². The number of nitrogens with one attached hydrogen (secondary N) is 2. The van der Waals surface area contributed by atoms with E-state index in [-0.39, 0.29) is 17.8 Å². The highest BCUT2D eigenvalue weighted by atomic mass is 32.2. The second-order valence-electron chi connectivity index (χ2n) is 9.19. The standard InChI is InChI=1S/C28H30FN5O2S/c1-3-25(27(35)31-24-15-21(11-6-18(24)2)30-22-12-14-36-16-22)34-13-4-5-23-26(34)33-28(32-23)37-17-19-7-9-20(29)10-8-19/h4-11,13,15,22,25,30H,3,12,14,16-17H2,1-2H3,(H,31,35). The van der Waals surface area contributed by atoms with Gasteiger partial charge in [-0.3, -0.25) is 4.79 Å². The first-order valence-electron chi connectivity index (χ1n) is 12.5. The fourth-order valence-corrected chi connectivity index (χ4v) is 5.23. The lowest BCUT2D eigenvalue weighted by molar-refractivity contribution is -0.119. The van der Waals surface area contributed by atoms with E-state index in [0.717, 1.165) is 41.2 Å². The summed E-state index contributed by atoms with van der Waals surface area (Å²) < 4.78 is 20.6. The first kappa shape index (κ1) is 25.2. The molecule has 1 saturated heterocycles. The molecule has 5 rings (SSSR count). The SMILES string of the molecule is CCC(C(=O)Nc1cc(NC2CCOC2)ccc1C)n1cccc2nc(SCc3ccc(F)cc3)nc1-2. The number of thioether (sulfide) groups is 1. The molecule has 0 radical (unpaired) electrons. The summed E-state index contributed by atoms with van der Waals surface area (Å²) in [4.78, 5) is 22.9. The van der Waals surface area contributed by atoms with Gasteiger partial charge in [0.05, 0.1) is 12.6 Å². The lowest BCUT2D eigenvalue weighted by atomic mass is 10.1. The zero-order valence-corrected chi connectivity index (χ0v) is 21.7. The molecule has 0 saturated carbocycles. The number of nitrogens with zero attached hydrogens (tertiary/aromatic N) is 3. The third-order valence-corrected chi connectivity index (χ3v) is 7.41. The van der Waals surface area contributed by atoms with E-state index >= 15 is 0 Å². The van der Waals surface area contributed by atoms with Gasteiger partial charge in [0.15, 0.2) is 11.0 Å². The Balaban J connectivity index is 1.32. The van der Waals surface area contributed by atoms with Crippen molar-refractivity contribution >= 4 is 29.0 Å². The number of halogens is 1. The van der Waals surface area contributed by atoms with Crippen molar-refractivity contribution in [3.05, 3.63) is 77.7 Å². The van der Waals surface area contributed by atoms with Crippen LogP contribution in [0.2, 0.25) is 0 Å². The molecule has 7 nitrogen and oxygen atoms in total. The summed E-state index contributed by atoms with van der Waals surface area (Å²) in [5.74, 6) is 0.938. The highest BCUT2D eigenvalue weighted by Gasteiger charge is 2.25. The molecular weight excluding hydrogens is 489 g/mol. The third-order valence-electron chi connectivity index (χ3n) is 6.49.